The Morgan fingerprint density at radius 2 is 2.06 bits per heavy atom. The molecule has 1 unspecified atom stereocenters. The van der Waals surface area contributed by atoms with Crippen LogP contribution in [0.3, 0.4) is 0 Å². The topological polar surface area (TPSA) is 58.0 Å². The number of hydrogen-bond donors (Lipinski definition) is 2. The molecule has 0 spiro atoms. The van der Waals surface area contributed by atoms with Gasteiger partial charge in [-0.3, -0.25) is 0 Å². The molecule has 2 N–H and O–H groups in total. The van der Waals surface area contributed by atoms with E-state index in [-0.39, 0.29) is 0 Å². The minimum absolute atomic E-state index is 0.379. The summed E-state index contributed by atoms with van der Waals surface area (Å²) in [4.78, 5) is 8.76. The lowest BCUT2D eigenvalue weighted by Crippen LogP contribution is -2.33. The summed E-state index contributed by atoms with van der Waals surface area (Å²) in [7, 11) is 0. The van der Waals surface area contributed by atoms with Gasteiger partial charge in [0.2, 0.25) is 5.95 Å². The van der Waals surface area contributed by atoms with E-state index in [0.717, 1.165) is 11.4 Å². The molecule has 0 aliphatic heterocycles. The number of nitrogens with one attached hydrogen (secondary N) is 1. The van der Waals surface area contributed by atoms with E-state index in [9.17, 15) is 5.11 Å². The summed E-state index contributed by atoms with van der Waals surface area (Å²) in [5.41, 5.74) is 1.25. The molecule has 4 nitrogen and oxygen atoms in total. The molecular weight excluding hydrogens is 214 g/mol. The Hall–Kier alpha value is -1.16. The first-order valence-electron chi connectivity index (χ1n) is 6.16. The molecule has 0 saturated carbocycles. The van der Waals surface area contributed by atoms with Crippen LogP contribution < -0.4 is 5.32 Å². The smallest absolute Gasteiger partial charge is 0.223 e. The van der Waals surface area contributed by atoms with Crippen LogP contribution in [0.2, 0.25) is 0 Å². The Labute approximate surface area is 103 Å². The van der Waals surface area contributed by atoms with Crippen LogP contribution in [0.15, 0.2) is 6.07 Å². The molecule has 0 saturated heterocycles. The highest BCUT2D eigenvalue weighted by molar-refractivity contribution is 5.29. The molecule has 1 aromatic heterocycles. The fraction of sp³-hybridized carbons (Fsp3) is 0.692. The van der Waals surface area contributed by atoms with Gasteiger partial charge < -0.3 is 10.4 Å². The first-order chi connectivity index (χ1) is 7.84. The molecule has 0 amide bonds. The molecule has 1 atom stereocenters. The third-order valence-electron chi connectivity index (χ3n) is 2.85. The molecule has 1 heterocycles. The van der Waals surface area contributed by atoms with Gasteiger partial charge in [0.15, 0.2) is 0 Å². The molecule has 0 bridgehead atoms. The molecule has 4 heteroatoms. The summed E-state index contributed by atoms with van der Waals surface area (Å²) in [5.74, 6) is 0.978. The first-order valence-corrected chi connectivity index (χ1v) is 6.16. The van der Waals surface area contributed by atoms with Gasteiger partial charge in [-0.2, -0.15) is 0 Å². The first kappa shape index (κ1) is 13.9. The summed E-state index contributed by atoms with van der Waals surface area (Å²) in [6.45, 7) is 10.4. The lowest BCUT2D eigenvalue weighted by molar-refractivity contribution is 0.0695. The van der Waals surface area contributed by atoms with Crippen LogP contribution in [0, 0.1) is 6.92 Å². The van der Waals surface area contributed by atoms with Crippen molar-refractivity contribution < 1.29 is 5.11 Å². The van der Waals surface area contributed by atoms with Gasteiger partial charge in [0, 0.05) is 17.9 Å². The molecule has 0 aromatic carbocycles. The fourth-order valence-corrected chi connectivity index (χ4v) is 1.36. The standard InChI is InChI=1S/C13H23N3O/c1-6-13(5,17)8-14-12-15-10(4)7-11(16-12)9(2)3/h7,9,17H,6,8H2,1-5H3,(H,14,15,16). The van der Waals surface area contributed by atoms with Crippen LogP contribution in [0.4, 0.5) is 5.95 Å². The molecule has 0 aliphatic rings. The summed E-state index contributed by atoms with van der Waals surface area (Å²) >= 11 is 0. The molecule has 0 radical (unpaired) electrons. The Morgan fingerprint density at radius 1 is 1.41 bits per heavy atom. The van der Waals surface area contributed by atoms with E-state index < -0.39 is 5.60 Å². The van der Waals surface area contributed by atoms with Crippen molar-refractivity contribution in [2.45, 2.75) is 52.6 Å². The summed E-state index contributed by atoms with van der Waals surface area (Å²) in [6, 6.07) is 1.99. The van der Waals surface area contributed by atoms with E-state index in [1.807, 2.05) is 19.9 Å². The number of nitrogens with zero attached hydrogens (tertiary/aromatic N) is 2. The maximum absolute atomic E-state index is 9.91. The van der Waals surface area contributed by atoms with Crippen molar-refractivity contribution in [2.24, 2.45) is 0 Å². The molecule has 0 fully saturated rings. The average molecular weight is 237 g/mol. The van der Waals surface area contributed by atoms with E-state index in [1.54, 1.807) is 6.92 Å². The molecular formula is C13H23N3O. The van der Waals surface area contributed by atoms with E-state index in [0.29, 0.717) is 24.8 Å². The fourth-order valence-electron chi connectivity index (χ4n) is 1.36. The quantitative estimate of drug-likeness (QED) is 0.826. The summed E-state index contributed by atoms with van der Waals surface area (Å²) < 4.78 is 0. The Kier molecular flexibility index (Phi) is 4.46. The SMILES string of the molecule is CCC(C)(O)CNc1nc(C)cc(C(C)C)n1. The molecule has 1 rings (SSSR count). The van der Waals surface area contributed by atoms with Crippen molar-refractivity contribution in [3.05, 3.63) is 17.5 Å². The highest BCUT2D eigenvalue weighted by Gasteiger charge is 2.17. The van der Waals surface area contributed by atoms with Gasteiger partial charge in [0.1, 0.15) is 0 Å². The predicted molar refractivity (Wildman–Crippen MR) is 70.3 cm³/mol. The second-order valence-electron chi connectivity index (χ2n) is 5.12. The highest BCUT2D eigenvalue weighted by Crippen LogP contribution is 2.15. The van der Waals surface area contributed by atoms with E-state index in [2.05, 4.69) is 29.1 Å². The third-order valence-corrected chi connectivity index (χ3v) is 2.85. The lowest BCUT2D eigenvalue weighted by Gasteiger charge is -2.21. The predicted octanol–water partition coefficient (Wildman–Crippen LogP) is 2.48. The summed E-state index contributed by atoms with van der Waals surface area (Å²) in [6.07, 6.45) is 0.697. The van der Waals surface area contributed by atoms with E-state index in [4.69, 9.17) is 0 Å². The van der Waals surface area contributed by atoms with E-state index in [1.165, 1.54) is 0 Å². The minimum Gasteiger partial charge on any atom is -0.388 e. The van der Waals surface area contributed by atoms with E-state index >= 15 is 0 Å². The maximum atomic E-state index is 9.91. The van der Waals surface area contributed by atoms with Crippen LogP contribution in [0.5, 0.6) is 0 Å². The summed E-state index contributed by atoms with van der Waals surface area (Å²) in [5, 5.41) is 13.0. The zero-order chi connectivity index (χ0) is 13.1. The maximum Gasteiger partial charge on any atom is 0.223 e. The number of aromatic nitrogens is 2. The van der Waals surface area contributed by atoms with Gasteiger partial charge in [-0.1, -0.05) is 20.8 Å². The van der Waals surface area contributed by atoms with Gasteiger partial charge in [0.25, 0.3) is 0 Å². The largest absolute Gasteiger partial charge is 0.388 e. The molecule has 1 aromatic rings. The van der Waals surface area contributed by atoms with Gasteiger partial charge in [-0.15, -0.1) is 0 Å². The lowest BCUT2D eigenvalue weighted by atomic mass is 10.0. The number of aliphatic hydroxyl groups is 1. The third kappa shape index (κ3) is 4.30. The minimum atomic E-state index is -0.717. The number of hydrogen-bond acceptors (Lipinski definition) is 4. The van der Waals surface area contributed by atoms with Crippen LogP contribution in [0.1, 0.15) is 51.4 Å². The number of aryl methyl sites for hydroxylation is 1. The Balaban J connectivity index is 2.78. The van der Waals surface area contributed by atoms with Crippen molar-refractivity contribution in [1.29, 1.82) is 0 Å². The van der Waals surface area contributed by atoms with Crippen molar-refractivity contribution in [1.82, 2.24) is 9.97 Å². The second-order valence-corrected chi connectivity index (χ2v) is 5.12. The molecule has 17 heavy (non-hydrogen) atoms. The number of anilines is 1. The second kappa shape index (κ2) is 5.45. The van der Waals surface area contributed by atoms with Crippen molar-refractivity contribution >= 4 is 5.95 Å². The van der Waals surface area contributed by atoms with Crippen LogP contribution in [0.25, 0.3) is 0 Å². The van der Waals surface area contributed by atoms with Gasteiger partial charge in [-0.05, 0) is 32.3 Å². The van der Waals surface area contributed by atoms with Gasteiger partial charge >= 0.3 is 0 Å². The van der Waals surface area contributed by atoms with Crippen molar-refractivity contribution in [3.8, 4) is 0 Å². The molecule has 96 valence electrons. The monoisotopic (exact) mass is 237 g/mol. The van der Waals surface area contributed by atoms with Crippen LogP contribution >= 0.6 is 0 Å². The highest BCUT2D eigenvalue weighted by atomic mass is 16.3. The van der Waals surface area contributed by atoms with Crippen molar-refractivity contribution in [3.63, 3.8) is 0 Å². The van der Waals surface area contributed by atoms with Crippen molar-refractivity contribution in [2.75, 3.05) is 11.9 Å². The normalized spacial score (nSPS) is 14.8. The zero-order valence-electron chi connectivity index (χ0n) is 11.4. The van der Waals surface area contributed by atoms with Gasteiger partial charge in [0.05, 0.1) is 5.60 Å². The Bertz CT molecular complexity index is 375. The molecule has 0 aliphatic carbocycles. The van der Waals surface area contributed by atoms with Crippen LogP contribution in [-0.4, -0.2) is 27.2 Å². The zero-order valence-corrected chi connectivity index (χ0v) is 11.4. The van der Waals surface area contributed by atoms with Gasteiger partial charge in [-0.25, -0.2) is 9.97 Å². The van der Waals surface area contributed by atoms with Crippen LogP contribution in [-0.2, 0) is 0 Å². The number of rotatable bonds is 5. The Morgan fingerprint density at radius 3 is 2.59 bits per heavy atom. The average Bonchev–Trinajstić information content (AvgIpc) is 2.26.